The summed E-state index contributed by atoms with van der Waals surface area (Å²) in [5.41, 5.74) is -0.625. The number of methoxy groups -OCH3 is 1. The fraction of sp³-hybridized carbons (Fsp3) is 0.174. The van der Waals surface area contributed by atoms with Crippen LogP contribution in [-0.2, 0) is 6.18 Å². The van der Waals surface area contributed by atoms with Crippen LogP contribution in [0.3, 0.4) is 0 Å². The standard InChI is InChI=1S/C23H20F3NO4/c1-3-30-21-6-4-5-15(22(21)28)14-27-19-13-16(23(24,25)26)7-12-20(19)31-18-10-8-17(29-2)9-11-18/h4-14,28H,3H2,1-2H3. The molecule has 3 aromatic rings. The van der Waals surface area contributed by atoms with E-state index in [2.05, 4.69) is 4.99 Å². The van der Waals surface area contributed by atoms with E-state index < -0.39 is 11.7 Å². The number of aliphatic imine (C=N–C) groups is 1. The van der Waals surface area contributed by atoms with Crippen LogP contribution in [0, 0.1) is 0 Å². The lowest BCUT2D eigenvalue weighted by atomic mass is 10.1. The summed E-state index contributed by atoms with van der Waals surface area (Å²) >= 11 is 0. The number of ether oxygens (including phenoxy) is 3. The monoisotopic (exact) mass is 431 g/mol. The zero-order valence-corrected chi connectivity index (χ0v) is 16.8. The molecule has 0 aliphatic rings. The Labute approximate surface area is 177 Å². The highest BCUT2D eigenvalue weighted by atomic mass is 19.4. The van der Waals surface area contributed by atoms with Gasteiger partial charge in [-0.2, -0.15) is 13.2 Å². The minimum atomic E-state index is -4.54. The number of halogens is 3. The summed E-state index contributed by atoms with van der Waals surface area (Å²) in [5.74, 6) is 1.23. The zero-order valence-electron chi connectivity index (χ0n) is 16.8. The maximum Gasteiger partial charge on any atom is 0.416 e. The minimum Gasteiger partial charge on any atom is -0.504 e. The van der Waals surface area contributed by atoms with Crippen molar-refractivity contribution in [3.05, 3.63) is 71.8 Å². The van der Waals surface area contributed by atoms with Gasteiger partial charge in [0.25, 0.3) is 0 Å². The van der Waals surface area contributed by atoms with Crippen molar-refractivity contribution in [1.29, 1.82) is 0 Å². The SMILES string of the molecule is CCOc1cccc(C=Nc2cc(C(F)(F)F)ccc2Oc2ccc(OC)cc2)c1O. The third-order valence-corrected chi connectivity index (χ3v) is 4.25. The molecule has 0 aliphatic heterocycles. The van der Waals surface area contributed by atoms with Crippen molar-refractivity contribution >= 4 is 11.9 Å². The van der Waals surface area contributed by atoms with Gasteiger partial charge in [0.1, 0.15) is 17.2 Å². The van der Waals surface area contributed by atoms with Crippen molar-refractivity contribution in [1.82, 2.24) is 0 Å². The number of para-hydroxylation sites is 1. The van der Waals surface area contributed by atoms with Gasteiger partial charge in [0.2, 0.25) is 0 Å². The summed E-state index contributed by atoms with van der Waals surface area (Å²) in [4.78, 5) is 4.15. The van der Waals surface area contributed by atoms with Crippen LogP contribution in [0.1, 0.15) is 18.1 Å². The first-order chi connectivity index (χ1) is 14.8. The highest BCUT2D eigenvalue weighted by Gasteiger charge is 2.31. The highest BCUT2D eigenvalue weighted by Crippen LogP contribution is 2.39. The molecule has 0 saturated heterocycles. The number of phenols is 1. The van der Waals surface area contributed by atoms with Gasteiger partial charge in [-0.15, -0.1) is 0 Å². The molecule has 5 nitrogen and oxygen atoms in total. The largest absolute Gasteiger partial charge is 0.504 e. The van der Waals surface area contributed by atoms with Crippen LogP contribution in [0.5, 0.6) is 28.7 Å². The Kier molecular flexibility index (Phi) is 6.69. The number of hydrogen-bond acceptors (Lipinski definition) is 5. The molecular formula is C23H20F3NO4. The first kappa shape index (κ1) is 22.0. The molecular weight excluding hydrogens is 411 g/mol. The second-order valence-electron chi connectivity index (χ2n) is 6.34. The van der Waals surface area contributed by atoms with Crippen LogP contribution in [0.15, 0.2) is 65.7 Å². The van der Waals surface area contributed by atoms with Gasteiger partial charge in [-0.3, -0.25) is 4.99 Å². The average Bonchev–Trinajstić information content (AvgIpc) is 2.75. The molecule has 0 amide bonds. The van der Waals surface area contributed by atoms with Crippen molar-refractivity contribution in [3.8, 4) is 28.7 Å². The third kappa shape index (κ3) is 5.48. The number of aromatic hydroxyl groups is 1. The Morgan fingerprint density at radius 1 is 0.968 bits per heavy atom. The Bertz CT molecular complexity index is 1060. The van der Waals surface area contributed by atoms with E-state index in [0.29, 0.717) is 23.7 Å². The Morgan fingerprint density at radius 2 is 1.68 bits per heavy atom. The normalized spacial score (nSPS) is 11.5. The van der Waals surface area contributed by atoms with Crippen LogP contribution in [0.4, 0.5) is 18.9 Å². The first-order valence-corrected chi connectivity index (χ1v) is 9.33. The molecule has 31 heavy (non-hydrogen) atoms. The first-order valence-electron chi connectivity index (χ1n) is 9.33. The molecule has 0 saturated carbocycles. The number of nitrogens with zero attached hydrogens (tertiary/aromatic N) is 1. The van der Waals surface area contributed by atoms with Gasteiger partial charge in [0.15, 0.2) is 17.2 Å². The van der Waals surface area contributed by atoms with Gasteiger partial charge in [0.05, 0.1) is 19.3 Å². The Balaban J connectivity index is 1.98. The van der Waals surface area contributed by atoms with E-state index in [4.69, 9.17) is 14.2 Å². The van der Waals surface area contributed by atoms with E-state index in [1.54, 1.807) is 49.4 Å². The zero-order chi connectivity index (χ0) is 22.4. The third-order valence-electron chi connectivity index (χ3n) is 4.25. The average molecular weight is 431 g/mol. The number of benzene rings is 3. The quantitative estimate of drug-likeness (QED) is 0.442. The molecule has 0 heterocycles. The molecule has 3 aromatic carbocycles. The molecule has 0 aliphatic carbocycles. The second kappa shape index (κ2) is 9.42. The van der Waals surface area contributed by atoms with E-state index in [-0.39, 0.29) is 22.9 Å². The van der Waals surface area contributed by atoms with E-state index in [1.807, 2.05) is 0 Å². The maximum absolute atomic E-state index is 13.2. The molecule has 0 atom stereocenters. The summed E-state index contributed by atoms with van der Waals surface area (Å²) in [6, 6.07) is 14.4. The molecule has 0 aromatic heterocycles. The molecule has 162 valence electrons. The van der Waals surface area contributed by atoms with Crippen molar-refractivity contribution in [2.75, 3.05) is 13.7 Å². The van der Waals surface area contributed by atoms with Crippen LogP contribution >= 0.6 is 0 Å². The maximum atomic E-state index is 13.2. The van der Waals surface area contributed by atoms with Crippen LogP contribution in [-0.4, -0.2) is 25.0 Å². The predicted octanol–water partition coefficient (Wildman–Crippen LogP) is 6.36. The minimum absolute atomic E-state index is 0.0492. The van der Waals surface area contributed by atoms with E-state index >= 15 is 0 Å². The number of rotatable bonds is 7. The molecule has 3 rings (SSSR count). The van der Waals surface area contributed by atoms with E-state index in [1.165, 1.54) is 19.4 Å². The fourth-order valence-corrected chi connectivity index (χ4v) is 2.71. The topological polar surface area (TPSA) is 60.3 Å². The van der Waals surface area contributed by atoms with Gasteiger partial charge < -0.3 is 19.3 Å². The number of phenolic OH excluding ortho intramolecular Hbond substituents is 1. The fourth-order valence-electron chi connectivity index (χ4n) is 2.71. The van der Waals surface area contributed by atoms with Crippen molar-refractivity contribution < 1.29 is 32.5 Å². The van der Waals surface area contributed by atoms with Gasteiger partial charge in [0, 0.05) is 11.8 Å². The number of hydrogen-bond donors (Lipinski definition) is 1. The summed E-state index contributed by atoms with van der Waals surface area (Å²) in [5, 5.41) is 10.3. The molecule has 0 fully saturated rings. The smallest absolute Gasteiger partial charge is 0.416 e. The molecule has 0 spiro atoms. The molecule has 8 heteroatoms. The lowest BCUT2D eigenvalue weighted by Gasteiger charge is -2.12. The van der Waals surface area contributed by atoms with Gasteiger partial charge >= 0.3 is 6.18 Å². The van der Waals surface area contributed by atoms with Crippen molar-refractivity contribution in [2.24, 2.45) is 4.99 Å². The second-order valence-corrected chi connectivity index (χ2v) is 6.34. The van der Waals surface area contributed by atoms with Crippen LogP contribution < -0.4 is 14.2 Å². The molecule has 0 unspecified atom stereocenters. The highest BCUT2D eigenvalue weighted by molar-refractivity contribution is 5.87. The number of alkyl halides is 3. The van der Waals surface area contributed by atoms with Gasteiger partial charge in [-0.25, -0.2) is 0 Å². The van der Waals surface area contributed by atoms with Gasteiger partial charge in [-0.05, 0) is 61.5 Å². The summed E-state index contributed by atoms with van der Waals surface area (Å²) in [7, 11) is 1.52. The van der Waals surface area contributed by atoms with Gasteiger partial charge in [-0.1, -0.05) is 6.07 Å². The summed E-state index contributed by atoms with van der Waals surface area (Å²) in [6.45, 7) is 2.12. The van der Waals surface area contributed by atoms with E-state index in [0.717, 1.165) is 12.1 Å². The van der Waals surface area contributed by atoms with Crippen molar-refractivity contribution in [2.45, 2.75) is 13.1 Å². The predicted molar refractivity (Wildman–Crippen MR) is 111 cm³/mol. The Morgan fingerprint density at radius 3 is 2.32 bits per heavy atom. The summed E-state index contributed by atoms with van der Waals surface area (Å²) < 4.78 is 55.8. The van der Waals surface area contributed by atoms with E-state index in [9.17, 15) is 18.3 Å². The van der Waals surface area contributed by atoms with Crippen molar-refractivity contribution in [3.63, 3.8) is 0 Å². The van der Waals surface area contributed by atoms with Crippen LogP contribution in [0.2, 0.25) is 0 Å². The molecule has 0 bridgehead atoms. The van der Waals surface area contributed by atoms with Crippen LogP contribution in [0.25, 0.3) is 0 Å². The lowest BCUT2D eigenvalue weighted by molar-refractivity contribution is -0.137. The molecule has 0 radical (unpaired) electrons. The summed E-state index contributed by atoms with van der Waals surface area (Å²) in [6.07, 6.45) is -3.28. The lowest BCUT2D eigenvalue weighted by Crippen LogP contribution is -2.04. The molecule has 1 N–H and O–H groups in total. The Hall–Kier alpha value is -3.68.